The summed E-state index contributed by atoms with van der Waals surface area (Å²) in [6, 6.07) is 60.3. The first-order chi connectivity index (χ1) is 24.7. The Balaban J connectivity index is 1.37. The number of rotatable bonds is 6. The van der Waals surface area contributed by atoms with Crippen LogP contribution in [-0.4, -0.2) is 12.6 Å². The maximum atomic E-state index is 9.62. The van der Waals surface area contributed by atoms with E-state index in [1.165, 1.54) is 15.6 Å². The summed E-state index contributed by atoms with van der Waals surface area (Å²) >= 11 is 0. The van der Waals surface area contributed by atoms with E-state index >= 15 is 0 Å². The van der Waals surface area contributed by atoms with Crippen molar-refractivity contribution in [1.82, 2.24) is 4.57 Å². The molecule has 0 saturated carbocycles. The third-order valence-corrected chi connectivity index (χ3v) is 14.4. The van der Waals surface area contributed by atoms with Crippen LogP contribution < -0.4 is 20.7 Å². The van der Waals surface area contributed by atoms with Crippen molar-refractivity contribution in [2.24, 2.45) is 0 Å². The highest BCUT2D eigenvalue weighted by atomic mass is 28.3. The van der Waals surface area contributed by atoms with Crippen LogP contribution in [0.5, 0.6) is 0 Å². The van der Waals surface area contributed by atoms with Crippen LogP contribution in [0.25, 0.3) is 48.3 Å². The van der Waals surface area contributed by atoms with Gasteiger partial charge < -0.3 is 4.57 Å². The first-order valence-electron chi connectivity index (χ1n) is 16.3. The lowest BCUT2D eigenvalue weighted by molar-refractivity contribution is 1.18. The van der Waals surface area contributed by atoms with Gasteiger partial charge in [0.1, 0.15) is 0 Å². The number of hydrogen-bond donors (Lipinski definition) is 0. The molecule has 8 aromatic rings. The van der Waals surface area contributed by atoms with Crippen LogP contribution in [0.4, 0.5) is 11.4 Å². The Morgan fingerprint density at radius 1 is 0.480 bits per heavy atom. The molecule has 0 aliphatic heterocycles. The molecule has 1 aromatic heterocycles. The number of fused-ring (bicyclic) bond motifs is 3. The lowest BCUT2D eigenvalue weighted by Gasteiger charge is -2.35. The number of hydrogen-bond acceptors (Lipinski definition) is 1. The number of nitriles is 1. The highest BCUT2D eigenvalue weighted by molar-refractivity contribution is 7.19. The summed E-state index contributed by atoms with van der Waals surface area (Å²) in [6.45, 7) is 16.6. The van der Waals surface area contributed by atoms with Gasteiger partial charge >= 0.3 is 0 Å². The molecule has 0 bridgehead atoms. The molecule has 0 saturated heterocycles. The van der Waals surface area contributed by atoms with Crippen molar-refractivity contribution in [3.05, 3.63) is 198 Å². The lowest BCUT2D eigenvalue weighted by Crippen LogP contribution is -2.74. The average Bonchev–Trinajstić information content (AvgIpc) is 3.52. The molecule has 0 atom stereocenters. The zero-order chi connectivity index (χ0) is 34.1. The average molecular weight is 653 g/mol. The summed E-state index contributed by atoms with van der Waals surface area (Å²) in [4.78, 5) is 8.04. The van der Waals surface area contributed by atoms with Crippen LogP contribution in [0.1, 0.15) is 5.56 Å². The summed E-state index contributed by atoms with van der Waals surface area (Å²) in [6.07, 6.45) is 0. The third kappa shape index (κ3) is 4.80. The molecule has 0 spiro atoms. The van der Waals surface area contributed by atoms with Crippen molar-refractivity contribution >= 4 is 62.0 Å². The van der Waals surface area contributed by atoms with E-state index in [1.807, 2.05) is 72.8 Å². The molecular weight excluding hydrogens is 625 g/mol. The van der Waals surface area contributed by atoms with E-state index in [-0.39, 0.29) is 0 Å². The number of aromatic nitrogens is 1. The van der Waals surface area contributed by atoms with E-state index in [2.05, 4.69) is 117 Å². The van der Waals surface area contributed by atoms with Crippen LogP contribution >= 0.6 is 0 Å². The second kappa shape index (κ2) is 12.6. The topological polar surface area (TPSA) is 37.4 Å². The normalized spacial score (nSPS) is 11.1. The van der Waals surface area contributed by atoms with Gasteiger partial charge in [-0.2, -0.15) is 5.26 Å². The van der Waals surface area contributed by atoms with E-state index in [9.17, 15) is 5.26 Å². The summed E-state index contributed by atoms with van der Waals surface area (Å²) in [7, 11) is -2.85. The van der Waals surface area contributed by atoms with Crippen LogP contribution in [-0.2, 0) is 0 Å². The molecule has 0 aliphatic rings. The molecule has 0 fully saturated rings. The molecule has 4 nitrogen and oxygen atoms in total. The quantitative estimate of drug-likeness (QED) is 0.101. The van der Waals surface area contributed by atoms with E-state index < -0.39 is 8.07 Å². The Kier molecular flexibility index (Phi) is 7.63. The highest BCUT2D eigenvalue weighted by Gasteiger charge is 2.41. The van der Waals surface area contributed by atoms with Gasteiger partial charge in [0, 0.05) is 16.5 Å². The first kappa shape index (κ1) is 30.4. The maximum absolute atomic E-state index is 9.62. The van der Waals surface area contributed by atoms with E-state index in [0.717, 1.165) is 38.2 Å². The fourth-order valence-electron chi connectivity index (χ4n) is 7.45. The van der Waals surface area contributed by atoms with E-state index in [0.29, 0.717) is 22.5 Å². The molecule has 0 radical (unpaired) electrons. The zero-order valence-electron chi connectivity index (χ0n) is 27.0. The van der Waals surface area contributed by atoms with Gasteiger partial charge in [0.2, 0.25) is 0 Å². The van der Waals surface area contributed by atoms with Gasteiger partial charge in [0.25, 0.3) is 0 Å². The summed E-state index contributed by atoms with van der Waals surface area (Å²) in [5, 5.41) is 16.5. The second-order valence-corrected chi connectivity index (χ2v) is 16.0. The largest absolute Gasteiger partial charge is 0.309 e. The van der Waals surface area contributed by atoms with Crippen molar-refractivity contribution in [3.8, 4) is 22.9 Å². The Hall–Kier alpha value is -6.97. The molecule has 5 heteroatoms. The molecule has 232 valence electrons. The minimum atomic E-state index is -2.85. The van der Waals surface area contributed by atoms with Crippen molar-refractivity contribution in [1.29, 1.82) is 5.26 Å². The Morgan fingerprint density at radius 2 is 1.06 bits per heavy atom. The SMILES string of the molecule is [C-]#[N+]c1cc([Si](c2ccccc2)(c2ccccc2)c2ccccc2)ccc1-c1cc(-n2c3ccccc3c3cc(C#N)ccc32)ccc1[N+]#[C-]. The van der Waals surface area contributed by atoms with Gasteiger partial charge in [0.15, 0.2) is 19.4 Å². The molecule has 0 unspecified atom stereocenters. The monoisotopic (exact) mass is 652 g/mol. The van der Waals surface area contributed by atoms with Crippen molar-refractivity contribution < 1.29 is 0 Å². The van der Waals surface area contributed by atoms with Crippen molar-refractivity contribution in [2.75, 3.05) is 0 Å². The Bertz CT molecular complexity index is 2580. The lowest BCUT2D eigenvalue weighted by atomic mass is 10.0. The molecule has 0 amide bonds. The summed E-state index contributed by atoms with van der Waals surface area (Å²) < 4.78 is 2.17. The molecule has 1 heterocycles. The van der Waals surface area contributed by atoms with Crippen LogP contribution in [0, 0.1) is 24.5 Å². The number of benzene rings is 7. The zero-order valence-corrected chi connectivity index (χ0v) is 28.0. The number of nitrogens with zero attached hydrogens (tertiary/aromatic N) is 4. The molecule has 0 N–H and O–H groups in total. The van der Waals surface area contributed by atoms with Gasteiger partial charge in [-0.25, -0.2) is 9.69 Å². The van der Waals surface area contributed by atoms with Gasteiger partial charge in [-0.3, -0.25) is 0 Å². The smallest absolute Gasteiger partial charge is 0.193 e. The molecule has 7 aromatic carbocycles. The van der Waals surface area contributed by atoms with Crippen molar-refractivity contribution in [2.45, 2.75) is 0 Å². The highest BCUT2D eigenvalue weighted by Crippen LogP contribution is 2.40. The predicted octanol–water partition coefficient (Wildman–Crippen LogP) is 8.80. The van der Waals surface area contributed by atoms with Gasteiger partial charge in [0.05, 0.1) is 35.8 Å². The van der Waals surface area contributed by atoms with Gasteiger partial charge in [-0.15, -0.1) is 0 Å². The fraction of sp³-hybridized carbons (Fsp3) is 0. The van der Waals surface area contributed by atoms with Crippen LogP contribution in [0.3, 0.4) is 0 Å². The molecule has 0 aliphatic carbocycles. The standard InChI is InChI=1S/C45H28N4Si/c1-47-42-26-23-33(49-44-21-13-12-20-39(44)41-28-32(31-46)22-27-45(41)49)29-40(42)38-25-24-37(30-43(38)48-2)50(34-14-6-3-7-15-34,35-16-8-4-9-17-35)36-18-10-5-11-19-36/h3-30H. The van der Waals surface area contributed by atoms with Crippen LogP contribution in [0.2, 0.25) is 0 Å². The molecular formula is C45H28N4Si. The minimum absolute atomic E-state index is 0.483. The summed E-state index contributed by atoms with van der Waals surface area (Å²) in [5.41, 5.74) is 5.88. The summed E-state index contributed by atoms with van der Waals surface area (Å²) in [5.74, 6) is 0. The molecule has 8 rings (SSSR count). The minimum Gasteiger partial charge on any atom is -0.309 e. The third-order valence-electron chi connectivity index (χ3n) is 9.62. The second-order valence-electron chi connectivity index (χ2n) is 12.2. The Morgan fingerprint density at radius 3 is 1.66 bits per heavy atom. The maximum Gasteiger partial charge on any atom is 0.193 e. The van der Waals surface area contributed by atoms with Gasteiger partial charge in [-0.05, 0) is 63.1 Å². The van der Waals surface area contributed by atoms with E-state index in [1.54, 1.807) is 0 Å². The van der Waals surface area contributed by atoms with Crippen molar-refractivity contribution in [3.63, 3.8) is 0 Å². The van der Waals surface area contributed by atoms with Gasteiger partial charge in [-0.1, -0.05) is 139 Å². The number of para-hydroxylation sites is 1. The van der Waals surface area contributed by atoms with Crippen LogP contribution in [0.15, 0.2) is 170 Å². The predicted molar refractivity (Wildman–Crippen MR) is 207 cm³/mol. The molecule has 50 heavy (non-hydrogen) atoms. The fourth-order valence-corrected chi connectivity index (χ4v) is 12.2. The first-order valence-corrected chi connectivity index (χ1v) is 18.3. The van der Waals surface area contributed by atoms with E-state index in [4.69, 9.17) is 13.1 Å². The Labute approximate surface area is 292 Å².